The second kappa shape index (κ2) is 4.19. The third-order valence-corrected chi connectivity index (χ3v) is 2.85. The van der Waals surface area contributed by atoms with Gasteiger partial charge < -0.3 is 4.74 Å². The number of fused-ring (bicyclic) bond motifs is 1. The zero-order valence-corrected chi connectivity index (χ0v) is 9.04. The van der Waals surface area contributed by atoms with Crippen molar-refractivity contribution in [1.82, 2.24) is 19.5 Å². The highest BCUT2D eigenvalue weighted by atomic mass is 16.5. The van der Waals surface area contributed by atoms with Gasteiger partial charge in [-0.15, -0.1) is 0 Å². The third kappa shape index (κ3) is 1.79. The van der Waals surface area contributed by atoms with Gasteiger partial charge in [-0.1, -0.05) is 0 Å². The Morgan fingerprint density at radius 1 is 1.31 bits per heavy atom. The van der Waals surface area contributed by atoms with Crippen molar-refractivity contribution in [1.29, 1.82) is 0 Å². The van der Waals surface area contributed by atoms with E-state index in [1.807, 2.05) is 23.0 Å². The van der Waals surface area contributed by atoms with Crippen LogP contribution in [0.15, 0.2) is 24.7 Å². The van der Waals surface area contributed by atoms with Gasteiger partial charge in [0, 0.05) is 37.6 Å². The molecule has 0 spiro atoms. The Kier molecular flexibility index (Phi) is 2.55. The number of hydrogen-bond donors (Lipinski definition) is 0. The Balaban J connectivity index is 1.83. The molecular formula is C11H14N4O. The number of rotatable bonds is 2. The van der Waals surface area contributed by atoms with Crippen LogP contribution in [0.3, 0.4) is 0 Å². The van der Waals surface area contributed by atoms with Crippen molar-refractivity contribution in [2.45, 2.75) is 6.54 Å². The van der Waals surface area contributed by atoms with Gasteiger partial charge in [-0.2, -0.15) is 5.10 Å². The summed E-state index contributed by atoms with van der Waals surface area (Å²) in [5, 5.41) is 4.28. The molecular weight excluding hydrogens is 204 g/mol. The average Bonchev–Trinajstić information content (AvgIpc) is 2.74. The maximum Gasteiger partial charge on any atom is 0.159 e. The van der Waals surface area contributed by atoms with Gasteiger partial charge in [0.15, 0.2) is 5.65 Å². The van der Waals surface area contributed by atoms with Crippen LogP contribution in [0.5, 0.6) is 0 Å². The van der Waals surface area contributed by atoms with Crippen molar-refractivity contribution in [2.75, 3.05) is 26.3 Å². The number of ether oxygens (including phenoxy) is 1. The van der Waals surface area contributed by atoms with E-state index < -0.39 is 0 Å². The first-order valence-corrected chi connectivity index (χ1v) is 5.51. The molecule has 0 aliphatic carbocycles. The Morgan fingerprint density at radius 2 is 2.19 bits per heavy atom. The van der Waals surface area contributed by atoms with E-state index in [2.05, 4.69) is 15.0 Å². The molecule has 0 N–H and O–H groups in total. The predicted octanol–water partition coefficient (Wildman–Crippen LogP) is 0.561. The first kappa shape index (κ1) is 9.74. The van der Waals surface area contributed by atoms with E-state index in [4.69, 9.17) is 4.74 Å². The molecule has 1 aliphatic rings. The zero-order valence-electron chi connectivity index (χ0n) is 9.04. The number of nitrogens with zero attached hydrogens (tertiary/aromatic N) is 4. The summed E-state index contributed by atoms with van der Waals surface area (Å²) in [5.74, 6) is 0. The molecule has 3 heterocycles. The van der Waals surface area contributed by atoms with E-state index in [0.29, 0.717) is 0 Å². The topological polar surface area (TPSA) is 42.7 Å². The fraction of sp³-hybridized carbons (Fsp3) is 0.455. The monoisotopic (exact) mass is 218 g/mol. The molecule has 0 bridgehead atoms. The summed E-state index contributed by atoms with van der Waals surface area (Å²) in [5.41, 5.74) is 2.14. The average molecular weight is 218 g/mol. The summed E-state index contributed by atoms with van der Waals surface area (Å²) in [6.07, 6.45) is 5.63. The SMILES string of the molecule is c1cnc2c(CN3CCOCC3)cnn2c1. The lowest BCUT2D eigenvalue weighted by atomic mass is 10.3. The van der Waals surface area contributed by atoms with Crippen LogP contribution in [0, 0.1) is 0 Å². The van der Waals surface area contributed by atoms with Crippen LogP contribution in [0.2, 0.25) is 0 Å². The maximum absolute atomic E-state index is 5.33. The summed E-state index contributed by atoms with van der Waals surface area (Å²) >= 11 is 0. The van der Waals surface area contributed by atoms with Crippen molar-refractivity contribution in [3.63, 3.8) is 0 Å². The highest BCUT2D eigenvalue weighted by Gasteiger charge is 2.13. The highest BCUT2D eigenvalue weighted by Crippen LogP contribution is 2.11. The van der Waals surface area contributed by atoms with Crippen LogP contribution in [0.4, 0.5) is 0 Å². The molecule has 2 aromatic rings. The second-order valence-corrected chi connectivity index (χ2v) is 3.95. The Bertz CT molecular complexity index is 476. The lowest BCUT2D eigenvalue weighted by Gasteiger charge is -2.25. The van der Waals surface area contributed by atoms with E-state index in [1.54, 1.807) is 6.20 Å². The van der Waals surface area contributed by atoms with Crippen LogP contribution in [-0.4, -0.2) is 45.8 Å². The molecule has 84 valence electrons. The molecule has 0 amide bonds. The Morgan fingerprint density at radius 3 is 3.06 bits per heavy atom. The van der Waals surface area contributed by atoms with Crippen LogP contribution in [0.1, 0.15) is 5.56 Å². The van der Waals surface area contributed by atoms with E-state index in [-0.39, 0.29) is 0 Å². The summed E-state index contributed by atoms with van der Waals surface area (Å²) in [4.78, 5) is 6.72. The van der Waals surface area contributed by atoms with Crippen molar-refractivity contribution in [3.05, 3.63) is 30.2 Å². The van der Waals surface area contributed by atoms with Gasteiger partial charge in [0.05, 0.1) is 19.4 Å². The fourth-order valence-corrected chi connectivity index (χ4v) is 1.99. The van der Waals surface area contributed by atoms with Gasteiger partial charge in [-0.3, -0.25) is 4.90 Å². The summed E-state index contributed by atoms with van der Waals surface area (Å²) in [7, 11) is 0. The summed E-state index contributed by atoms with van der Waals surface area (Å²) in [6.45, 7) is 4.54. The predicted molar refractivity (Wildman–Crippen MR) is 59.1 cm³/mol. The minimum Gasteiger partial charge on any atom is -0.379 e. The molecule has 3 rings (SSSR count). The lowest BCUT2D eigenvalue weighted by molar-refractivity contribution is 0.0343. The molecule has 0 aromatic carbocycles. The van der Waals surface area contributed by atoms with Crippen LogP contribution in [-0.2, 0) is 11.3 Å². The van der Waals surface area contributed by atoms with Crippen molar-refractivity contribution < 1.29 is 4.74 Å². The van der Waals surface area contributed by atoms with Crippen molar-refractivity contribution >= 4 is 5.65 Å². The first-order chi connectivity index (χ1) is 7.93. The molecule has 1 aliphatic heterocycles. The van der Waals surface area contributed by atoms with Gasteiger partial charge in [-0.05, 0) is 6.07 Å². The second-order valence-electron chi connectivity index (χ2n) is 3.95. The molecule has 0 unspecified atom stereocenters. The Hall–Kier alpha value is -1.46. The molecule has 0 radical (unpaired) electrons. The molecule has 1 saturated heterocycles. The minimum atomic E-state index is 0.826. The van der Waals surface area contributed by atoms with E-state index in [9.17, 15) is 0 Å². The maximum atomic E-state index is 5.33. The van der Waals surface area contributed by atoms with Gasteiger partial charge >= 0.3 is 0 Å². The summed E-state index contributed by atoms with van der Waals surface area (Å²) < 4.78 is 7.14. The van der Waals surface area contributed by atoms with Gasteiger partial charge in [-0.25, -0.2) is 9.50 Å². The van der Waals surface area contributed by atoms with E-state index in [1.165, 1.54) is 5.56 Å². The van der Waals surface area contributed by atoms with E-state index >= 15 is 0 Å². The normalized spacial score (nSPS) is 18.0. The van der Waals surface area contributed by atoms with Gasteiger partial charge in [0.25, 0.3) is 0 Å². The van der Waals surface area contributed by atoms with Crippen molar-refractivity contribution in [2.24, 2.45) is 0 Å². The van der Waals surface area contributed by atoms with Gasteiger partial charge in [0.1, 0.15) is 0 Å². The molecule has 16 heavy (non-hydrogen) atoms. The smallest absolute Gasteiger partial charge is 0.159 e. The third-order valence-electron chi connectivity index (χ3n) is 2.85. The zero-order chi connectivity index (χ0) is 10.8. The quantitative estimate of drug-likeness (QED) is 0.738. The number of aromatic nitrogens is 3. The lowest BCUT2D eigenvalue weighted by Crippen LogP contribution is -2.35. The minimum absolute atomic E-state index is 0.826. The van der Waals surface area contributed by atoms with Crippen LogP contribution >= 0.6 is 0 Å². The highest BCUT2D eigenvalue weighted by molar-refractivity contribution is 5.45. The molecule has 2 aromatic heterocycles. The largest absolute Gasteiger partial charge is 0.379 e. The molecule has 0 atom stereocenters. The molecule has 5 heteroatoms. The van der Waals surface area contributed by atoms with Crippen LogP contribution in [0.25, 0.3) is 5.65 Å². The van der Waals surface area contributed by atoms with E-state index in [0.717, 1.165) is 38.5 Å². The van der Waals surface area contributed by atoms with Crippen LogP contribution < -0.4 is 0 Å². The van der Waals surface area contributed by atoms with Crippen molar-refractivity contribution in [3.8, 4) is 0 Å². The number of morpholine rings is 1. The number of hydrogen-bond acceptors (Lipinski definition) is 4. The Labute approximate surface area is 93.6 Å². The van der Waals surface area contributed by atoms with Gasteiger partial charge in [0.2, 0.25) is 0 Å². The molecule has 0 saturated carbocycles. The summed E-state index contributed by atoms with van der Waals surface area (Å²) in [6, 6.07) is 1.89. The molecule has 1 fully saturated rings. The fourth-order valence-electron chi connectivity index (χ4n) is 1.99. The standard InChI is InChI=1S/C11H14N4O/c1-2-12-11-10(8-13-15(11)3-1)9-14-4-6-16-7-5-14/h1-3,8H,4-7,9H2. The first-order valence-electron chi connectivity index (χ1n) is 5.51. The molecule has 5 nitrogen and oxygen atoms in total.